The summed E-state index contributed by atoms with van der Waals surface area (Å²) in [4.78, 5) is 4.95. The van der Waals surface area contributed by atoms with Crippen LogP contribution < -0.4 is 9.47 Å². The summed E-state index contributed by atoms with van der Waals surface area (Å²) < 4.78 is 11.5. The summed E-state index contributed by atoms with van der Waals surface area (Å²) in [5, 5.41) is 0.723. The number of halogens is 1. The maximum atomic E-state index is 6.05. The fourth-order valence-electron chi connectivity index (χ4n) is 3.36. The van der Waals surface area contributed by atoms with E-state index in [-0.39, 0.29) is 0 Å². The molecule has 0 bridgehead atoms. The van der Waals surface area contributed by atoms with E-state index < -0.39 is 0 Å². The van der Waals surface area contributed by atoms with Crippen molar-refractivity contribution in [2.45, 2.75) is 19.4 Å². The van der Waals surface area contributed by atoms with Crippen molar-refractivity contribution in [2.24, 2.45) is 0 Å². The second-order valence-corrected chi connectivity index (χ2v) is 7.59. The molecule has 0 amide bonds. The number of hydrogen-bond acceptors (Lipinski definition) is 4. The molecule has 0 saturated carbocycles. The lowest BCUT2D eigenvalue weighted by Gasteiger charge is -2.32. The van der Waals surface area contributed by atoms with Gasteiger partial charge in [-0.1, -0.05) is 29.8 Å². The molecule has 1 aliphatic heterocycles. The SMILES string of the molecule is COc1ccc(CCCN2CCN(C)CC2)cc1OCc1cccc(Cl)c1. The Morgan fingerprint density at radius 1 is 0.963 bits per heavy atom. The van der Waals surface area contributed by atoms with Gasteiger partial charge in [-0.2, -0.15) is 0 Å². The fourth-order valence-corrected chi connectivity index (χ4v) is 3.57. The first kappa shape index (κ1) is 20.0. The Labute approximate surface area is 167 Å². The van der Waals surface area contributed by atoms with E-state index in [9.17, 15) is 0 Å². The summed E-state index contributed by atoms with van der Waals surface area (Å²) in [6.45, 7) is 6.31. The van der Waals surface area contributed by atoms with Crippen LogP contribution in [0.25, 0.3) is 0 Å². The Morgan fingerprint density at radius 2 is 1.78 bits per heavy atom. The minimum Gasteiger partial charge on any atom is -0.493 e. The second-order valence-electron chi connectivity index (χ2n) is 7.15. The van der Waals surface area contributed by atoms with E-state index in [1.807, 2.05) is 30.3 Å². The summed E-state index contributed by atoms with van der Waals surface area (Å²) >= 11 is 6.05. The number of methoxy groups -OCH3 is 1. The van der Waals surface area contributed by atoms with E-state index in [0.717, 1.165) is 41.5 Å². The van der Waals surface area contributed by atoms with Gasteiger partial charge in [-0.05, 0) is 61.8 Å². The first-order valence-corrected chi connectivity index (χ1v) is 9.97. The molecule has 1 heterocycles. The number of nitrogens with zero attached hydrogens (tertiary/aromatic N) is 2. The molecular formula is C22H29ClN2O2. The van der Waals surface area contributed by atoms with E-state index in [0.29, 0.717) is 6.61 Å². The largest absolute Gasteiger partial charge is 0.493 e. The minimum atomic E-state index is 0.474. The summed E-state index contributed by atoms with van der Waals surface area (Å²) in [5.74, 6) is 1.55. The lowest BCUT2D eigenvalue weighted by atomic mass is 10.1. The normalized spacial score (nSPS) is 15.7. The summed E-state index contributed by atoms with van der Waals surface area (Å²) in [6, 6.07) is 14.0. The average molecular weight is 389 g/mol. The molecule has 0 aliphatic carbocycles. The monoisotopic (exact) mass is 388 g/mol. The van der Waals surface area contributed by atoms with Crippen LogP contribution in [0.15, 0.2) is 42.5 Å². The molecule has 1 saturated heterocycles. The highest BCUT2D eigenvalue weighted by Crippen LogP contribution is 2.29. The van der Waals surface area contributed by atoms with Crippen molar-refractivity contribution >= 4 is 11.6 Å². The van der Waals surface area contributed by atoms with Gasteiger partial charge in [-0.15, -0.1) is 0 Å². The first-order chi connectivity index (χ1) is 13.1. The van der Waals surface area contributed by atoms with Gasteiger partial charge in [0.1, 0.15) is 6.61 Å². The lowest BCUT2D eigenvalue weighted by molar-refractivity contribution is 0.153. The highest BCUT2D eigenvalue weighted by Gasteiger charge is 2.13. The molecule has 4 nitrogen and oxygen atoms in total. The van der Waals surface area contributed by atoms with Gasteiger partial charge in [-0.3, -0.25) is 0 Å². The molecule has 146 valence electrons. The number of likely N-dealkylation sites (N-methyl/N-ethyl adjacent to an activating group) is 1. The third kappa shape index (κ3) is 6.13. The number of piperazine rings is 1. The summed E-state index contributed by atoms with van der Waals surface area (Å²) in [6.07, 6.45) is 2.20. The zero-order valence-corrected chi connectivity index (χ0v) is 17.0. The average Bonchev–Trinajstić information content (AvgIpc) is 2.68. The standard InChI is InChI=1S/C22H29ClN2O2/c1-24-11-13-25(14-12-24)10-4-6-18-8-9-21(26-2)22(16-18)27-17-19-5-3-7-20(23)15-19/h3,5,7-9,15-16H,4,6,10-14,17H2,1-2H3. The summed E-state index contributed by atoms with van der Waals surface area (Å²) in [5.41, 5.74) is 2.33. The van der Waals surface area contributed by atoms with Crippen LogP contribution in [0.2, 0.25) is 5.02 Å². The lowest BCUT2D eigenvalue weighted by Crippen LogP contribution is -2.44. The van der Waals surface area contributed by atoms with Crippen molar-refractivity contribution < 1.29 is 9.47 Å². The van der Waals surface area contributed by atoms with Gasteiger partial charge < -0.3 is 19.3 Å². The smallest absolute Gasteiger partial charge is 0.161 e. The van der Waals surface area contributed by atoms with E-state index in [2.05, 4.69) is 29.0 Å². The molecule has 2 aromatic carbocycles. The molecule has 0 atom stereocenters. The Hall–Kier alpha value is -1.75. The Balaban J connectivity index is 1.54. The van der Waals surface area contributed by atoms with Crippen LogP contribution in [0.3, 0.4) is 0 Å². The quantitative estimate of drug-likeness (QED) is 0.679. The second kappa shape index (κ2) is 9.98. The number of ether oxygens (including phenoxy) is 2. The van der Waals surface area contributed by atoms with Crippen LogP contribution in [0.5, 0.6) is 11.5 Å². The Bertz CT molecular complexity index is 730. The number of benzene rings is 2. The van der Waals surface area contributed by atoms with Crippen LogP contribution in [-0.4, -0.2) is 56.7 Å². The highest BCUT2D eigenvalue weighted by molar-refractivity contribution is 6.30. The molecule has 0 spiro atoms. The van der Waals surface area contributed by atoms with Gasteiger partial charge in [0.05, 0.1) is 7.11 Å². The highest BCUT2D eigenvalue weighted by atomic mass is 35.5. The van der Waals surface area contributed by atoms with Crippen LogP contribution in [-0.2, 0) is 13.0 Å². The van der Waals surface area contributed by atoms with Gasteiger partial charge in [0.2, 0.25) is 0 Å². The zero-order chi connectivity index (χ0) is 19.1. The third-order valence-corrected chi connectivity index (χ3v) is 5.28. The fraction of sp³-hybridized carbons (Fsp3) is 0.455. The molecule has 0 radical (unpaired) electrons. The maximum Gasteiger partial charge on any atom is 0.161 e. The van der Waals surface area contributed by atoms with Crippen molar-refractivity contribution in [1.29, 1.82) is 0 Å². The van der Waals surface area contributed by atoms with Crippen molar-refractivity contribution in [1.82, 2.24) is 9.80 Å². The van der Waals surface area contributed by atoms with Crippen molar-refractivity contribution in [2.75, 3.05) is 46.9 Å². The van der Waals surface area contributed by atoms with Crippen LogP contribution >= 0.6 is 11.6 Å². The van der Waals surface area contributed by atoms with Crippen LogP contribution in [0, 0.1) is 0 Å². The molecule has 1 aliphatic rings. The maximum absolute atomic E-state index is 6.05. The van der Waals surface area contributed by atoms with Gasteiger partial charge in [0.25, 0.3) is 0 Å². The van der Waals surface area contributed by atoms with Crippen LogP contribution in [0.1, 0.15) is 17.5 Å². The number of hydrogen-bond donors (Lipinski definition) is 0. The van der Waals surface area contributed by atoms with Gasteiger partial charge >= 0.3 is 0 Å². The topological polar surface area (TPSA) is 24.9 Å². The van der Waals surface area contributed by atoms with E-state index >= 15 is 0 Å². The van der Waals surface area contributed by atoms with E-state index in [4.69, 9.17) is 21.1 Å². The Morgan fingerprint density at radius 3 is 2.52 bits per heavy atom. The number of aryl methyl sites for hydroxylation is 1. The molecular weight excluding hydrogens is 360 g/mol. The molecule has 3 rings (SSSR count). The van der Waals surface area contributed by atoms with Gasteiger partial charge in [-0.25, -0.2) is 0 Å². The predicted octanol–water partition coefficient (Wildman–Crippen LogP) is 4.11. The zero-order valence-electron chi connectivity index (χ0n) is 16.3. The third-order valence-electron chi connectivity index (χ3n) is 5.05. The van der Waals surface area contributed by atoms with E-state index in [1.54, 1.807) is 7.11 Å². The molecule has 5 heteroatoms. The first-order valence-electron chi connectivity index (χ1n) is 9.59. The predicted molar refractivity (Wildman–Crippen MR) is 111 cm³/mol. The molecule has 0 unspecified atom stereocenters. The molecule has 0 aromatic heterocycles. The summed E-state index contributed by atoms with van der Waals surface area (Å²) in [7, 11) is 3.87. The molecule has 27 heavy (non-hydrogen) atoms. The van der Waals surface area contributed by atoms with Crippen molar-refractivity contribution in [3.63, 3.8) is 0 Å². The van der Waals surface area contributed by atoms with Gasteiger partial charge in [0.15, 0.2) is 11.5 Å². The van der Waals surface area contributed by atoms with Crippen molar-refractivity contribution in [3.05, 3.63) is 58.6 Å². The van der Waals surface area contributed by atoms with E-state index in [1.165, 1.54) is 31.7 Å². The molecule has 1 fully saturated rings. The number of rotatable bonds is 8. The Kier molecular flexibility index (Phi) is 7.39. The molecule has 0 N–H and O–H groups in total. The van der Waals surface area contributed by atoms with Crippen molar-refractivity contribution in [3.8, 4) is 11.5 Å². The van der Waals surface area contributed by atoms with Gasteiger partial charge in [0, 0.05) is 31.2 Å². The molecule has 2 aromatic rings. The van der Waals surface area contributed by atoms with Crippen LogP contribution in [0.4, 0.5) is 0 Å². The minimum absolute atomic E-state index is 0.474.